The van der Waals surface area contributed by atoms with Crippen molar-refractivity contribution < 1.29 is 17.9 Å². The molecule has 2 atom stereocenters. The van der Waals surface area contributed by atoms with Crippen molar-refractivity contribution in [1.29, 1.82) is 0 Å². The first kappa shape index (κ1) is 15.7. The van der Waals surface area contributed by atoms with Gasteiger partial charge in [0.15, 0.2) is 0 Å². The highest BCUT2D eigenvalue weighted by atomic mass is 32.2. The van der Waals surface area contributed by atoms with E-state index in [1.165, 1.54) is 12.1 Å². The second-order valence-corrected chi connectivity index (χ2v) is 6.07. The molecular weight excluding hydrogens is 296 g/mol. The molecule has 0 bridgehead atoms. The number of ether oxygens (including phenoxy) is 1. The number of anilines is 2. The third-order valence-electron chi connectivity index (χ3n) is 3.13. The molecular formula is C12H18N4O4S. The summed E-state index contributed by atoms with van der Waals surface area (Å²) in [5.41, 5.74) is 0.765. The van der Waals surface area contributed by atoms with Crippen LogP contribution in [0.2, 0.25) is 0 Å². The Kier molecular flexibility index (Phi) is 4.78. The Morgan fingerprint density at radius 1 is 1.43 bits per heavy atom. The molecule has 1 amide bonds. The molecule has 1 saturated heterocycles. The van der Waals surface area contributed by atoms with Crippen LogP contribution in [0.15, 0.2) is 24.3 Å². The van der Waals surface area contributed by atoms with Gasteiger partial charge in [0, 0.05) is 19.3 Å². The van der Waals surface area contributed by atoms with E-state index in [4.69, 9.17) is 9.88 Å². The normalized spacial score (nSPS) is 22.0. The van der Waals surface area contributed by atoms with Crippen LogP contribution in [0.25, 0.3) is 0 Å². The Hall–Kier alpha value is -1.68. The zero-order valence-electron chi connectivity index (χ0n) is 11.5. The number of hydrogen-bond acceptors (Lipinski definition) is 5. The van der Waals surface area contributed by atoms with Crippen LogP contribution >= 0.6 is 0 Å². The smallest absolute Gasteiger partial charge is 0.296 e. The van der Waals surface area contributed by atoms with Crippen LogP contribution in [0.1, 0.15) is 6.42 Å². The number of nitrogens with one attached hydrogen (secondary N) is 3. The number of carbonyl (C=O) groups is 1. The minimum absolute atomic E-state index is 0.0242. The van der Waals surface area contributed by atoms with Crippen LogP contribution in [0.3, 0.4) is 0 Å². The number of hydrogen-bond donors (Lipinski definition) is 4. The first-order valence-corrected chi connectivity index (χ1v) is 7.89. The van der Waals surface area contributed by atoms with E-state index in [1.54, 1.807) is 19.2 Å². The minimum atomic E-state index is -3.84. The second-order valence-electron chi connectivity index (χ2n) is 4.77. The maximum Gasteiger partial charge on any atom is 0.296 e. The summed E-state index contributed by atoms with van der Waals surface area (Å²) >= 11 is 0. The minimum Gasteiger partial charge on any atom is -0.380 e. The number of carbonyl (C=O) groups excluding carboxylic acids is 1. The molecule has 21 heavy (non-hydrogen) atoms. The van der Waals surface area contributed by atoms with Gasteiger partial charge in [0.1, 0.15) is 0 Å². The Bertz CT molecular complexity index is 619. The largest absolute Gasteiger partial charge is 0.380 e. The predicted molar refractivity (Wildman–Crippen MR) is 79.0 cm³/mol. The van der Waals surface area contributed by atoms with Gasteiger partial charge >= 0.3 is 0 Å². The average molecular weight is 314 g/mol. The summed E-state index contributed by atoms with van der Waals surface area (Å²) in [5, 5.41) is 10.7. The summed E-state index contributed by atoms with van der Waals surface area (Å²) in [4.78, 5) is 12.1. The molecule has 5 N–H and O–H groups in total. The molecule has 8 nitrogen and oxygen atoms in total. The molecule has 1 aromatic rings. The van der Waals surface area contributed by atoms with E-state index in [0.717, 1.165) is 0 Å². The zero-order valence-corrected chi connectivity index (χ0v) is 12.3. The topological polar surface area (TPSA) is 123 Å². The van der Waals surface area contributed by atoms with Gasteiger partial charge in [-0.1, -0.05) is 6.07 Å². The van der Waals surface area contributed by atoms with Crippen LogP contribution in [-0.2, 0) is 19.7 Å². The van der Waals surface area contributed by atoms with Crippen molar-refractivity contribution in [3.8, 4) is 0 Å². The summed E-state index contributed by atoms with van der Waals surface area (Å²) in [6, 6.07) is 5.97. The second kappa shape index (κ2) is 6.39. The lowest BCUT2D eigenvalue weighted by Crippen LogP contribution is -2.35. The number of nitrogens with two attached hydrogens (primary N) is 1. The maximum atomic E-state index is 12.1. The van der Waals surface area contributed by atoms with Gasteiger partial charge in [-0.05, 0) is 24.6 Å². The summed E-state index contributed by atoms with van der Waals surface area (Å²) < 4.78 is 29.3. The SMILES string of the molecule is COC1CNC(C(=O)Nc2cccc(NS(N)(=O)=O)c2)C1. The molecule has 1 heterocycles. The fourth-order valence-corrected chi connectivity index (χ4v) is 2.59. The van der Waals surface area contributed by atoms with E-state index in [1.807, 2.05) is 0 Å². The summed E-state index contributed by atoms with van der Waals surface area (Å²) in [5.74, 6) is -0.192. The average Bonchev–Trinajstić information content (AvgIpc) is 2.85. The molecule has 1 aromatic carbocycles. The van der Waals surface area contributed by atoms with Crippen LogP contribution in [0.4, 0.5) is 11.4 Å². The lowest BCUT2D eigenvalue weighted by Gasteiger charge is -2.12. The molecule has 2 rings (SSSR count). The van der Waals surface area contributed by atoms with E-state index >= 15 is 0 Å². The Balaban J connectivity index is 2.00. The zero-order chi connectivity index (χ0) is 15.5. The van der Waals surface area contributed by atoms with Gasteiger partial charge in [0.2, 0.25) is 5.91 Å². The van der Waals surface area contributed by atoms with Gasteiger partial charge in [-0.2, -0.15) is 8.42 Å². The standard InChI is InChI=1S/C12H18N4O4S/c1-20-10-6-11(14-7-10)12(17)15-8-3-2-4-9(5-8)16-21(13,18)19/h2-5,10-11,14,16H,6-7H2,1H3,(H,15,17)(H2,13,18,19). The molecule has 0 aromatic heterocycles. The van der Waals surface area contributed by atoms with Crippen molar-refractivity contribution in [3.05, 3.63) is 24.3 Å². The van der Waals surface area contributed by atoms with Crippen molar-refractivity contribution in [2.24, 2.45) is 5.14 Å². The van der Waals surface area contributed by atoms with Gasteiger partial charge in [0.25, 0.3) is 10.2 Å². The molecule has 1 fully saturated rings. The van der Waals surface area contributed by atoms with Crippen molar-refractivity contribution in [3.63, 3.8) is 0 Å². The highest BCUT2D eigenvalue weighted by Gasteiger charge is 2.29. The number of amides is 1. The van der Waals surface area contributed by atoms with Gasteiger partial charge in [0.05, 0.1) is 17.8 Å². The first-order valence-electron chi connectivity index (χ1n) is 6.35. The maximum absolute atomic E-state index is 12.1. The molecule has 0 radical (unpaired) electrons. The van der Waals surface area contributed by atoms with Crippen LogP contribution < -0.4 is 20.5 Å². The lowest BCUT2D eigenvalue weighted by atomic mass is 10.2. The van der Waals surface area contributed by atoms with Crippen molar-refractivity contribution in [2.75, 3.05) is 23.7 Å². The fourth-order valence-electron chi connectivity index (χ4n) is 2.14. The number of methoxy groups -OCH3 is 1. The van der Waals surface area contributed by atoms with Crippen molar-refractivity contribution in [2.45, 2.75) is 18.6 Å². The van der Waals surface area contributed by atoms with Gasteiger partial charge < -0.3 is 15.4 Å². The molecule has 0 aliphatic carbocycles. The quantitative estimate of drug-likeness (QED) is 0.590. The van der Waals surface area contributed by atoms with E-state index < -0.39 is 10.2 Å². The summed E-state index contributed by atoms with van der Waals surface area (Å²) in [6.07, 6.45) is 0.619. The fraction of sp³-hybridized carbons (Fsp3) is 0.417. The molecule has 0 spiro atoms. The van der Waals surface area contributed by atoms with Gasteiger partial charge in [-0.25, -0.2) is 5.14 Å². The monoisotopic (exact) mass is 314 g/mol. The highest BCUT2D eigenvalue weighted by Crippen LogP contribution is 2.17. The molecule has 116 valence electrons. The predicted octanol–water partition coefficient (Wildman–Crippen LogP) is -0.383. The van der Waals surface area contributed by atoms with Gasteiger partial charge in [-0.3, -0.25) is 9.52 Å². The third-order valence-corrected chi connectivity index (χ3v) is 3.65. The summed E-state index contributed by atoms with van der Waals surface area (Å²) in [6.45, 7) is 0.627. The Morgan fingerprint density at radius 3 is 2.76 bits per heavy atom. The third kappa shape index (κ3) is 4.67. The highest BCUT2D eigenvalue weighted by molar-refractivity contribution is 7.90. The molecule has 2 unspecified atom stereocenters. The molecule has 1 aliphatic heterocycles. The van der Waals surface area contributed by atoms with Crippen LogP contribution in [0.5, 0.6) is 0 Å². The lowest BCUT2D eigenvalue weighted by molar-refractivity contribution is -0.118. The number of rotatable bonds is 5. The molecule has 9 heteroatoms. The van der Waals surface area contributed by atoms with Crippen molar-refractivity contribution in [1.82, 2.24) is 5.32 Å². The summed E-state index contributed by atoms with van der Waals surface area (Å²) in [7, 11) is -2.23. The van der Waals surface area contributed by atoms with E-state index in [9.17, 15) is 13.2 Å². The Morgan fingerprint density at radius 2 is 2.14 bits per heavy atom. The Labute approximate surface area is 123 Å². The number of benzene rings is 1. The van der Waals surface area contributed by atoms with E-state index in [0.29, 0.717) is 18.7 Å². The van der Waals surface area contributed by atoms with Crippen molar-refractivity contribution >= 4 is 27.5 Å². The van der Waals surface area contributed by atoms with E-state index in [2.05, 4.69) is 15.4 Å². The van der Waals surface area contributed by atoms with Crippen LogP contribution in [-0.4, -0.2) is 40.1 Å². The van der Waals surface area contributed by atoms with Gasteiger partial charge in [-0.15, -0.1) is 0 Å². The van der Waals surface area contributed by atoms with Crippen LogP contribution in [0, 0.1) is 0 Å². The first-order chi connectivity index (χ1) is 9.87. The van der Waals surface area contributed by atoms with E-state index in [-0.39, 0.29) is 23.7 Å². The molecule has 1 aliphatic rings. The molecule has 0 saturated carbocycles.